The number of piperazine rings is 1. The maximum Gasteiger partial charge on any atom is 0.225 e. The van der Waals surface area contributed by atoms with Crippen LogP contribution in [0.15, 0.2) is 42.6 Å². The van der Waals surface area contributed by atoms with Gasteiger partial charge in [-0.25, -0.2) is 4.98 Å². The molecular formula is C20H20N6O. The Hall–Kier alpha value is -3.42. The summed E-state index contributed by atoms with van der Waals surface area (Å²) in [7, 11) is 0. The first-order valence-corrected chi connectivity index (χ1v) is 8.82. The largest absolute Gasteiger partial charge is 0.353 e. The minimum atomic E-state index is -0.0657. The number of amides is 1. The van der Waals surface area contributed by atoms with Crippen LogP contribution >= 0.6 is 0 Å². The van der Waals surface area contributed by atoms with E-state index in [1.54, 1.807) is 42.6 Å². The maximum absolute atomic E-state index is 12.1. The number of carbonyl (C=O) groups excluding carboxylic acids is 1. The van der Waals surface area contributed by atoms with Gasteiger partial charge in [-0.2, -0.15) is 10.5 Å². The summed E-state index contributed by atoms with van der Waals surface area (Å²) in [6, 6.07) is 14.7. The molecule has 27 heavy (non-hydrogen) atoms. The Bertz CT molecular complexity index is 890. The molecule has 0 saturated carbocycles. The molecule has 1 N–H and O–H groups in total. The molecule has 1 saturated heterocycles. The van der Waals surface area contributed by atoms with E-state index in [2.05, 4.69) is 32.2 Å². The molecule has 2 heterocycles. The third-order valence-corrected chi connectivity index (χ3v) is 4.51. The van der Waals surface area contributed by atoms with Crippen molar-refractivity contribution in [1.82, 2.24) is 9.88 Å². The summed E-state index contributed by atoms with van der Waals surface area (Å²) < 4.78 is 0. The molecule has 2 aromatic rings. The van der Waals surface area contributed by atoms with Crippen LogP contribution in [-0.2, 0) is 4.79 Å². The number of nitrogens with zero attached hydrogens (tertiary/aromatic N) is 5. The van der Waals surface area contributed by atoms with Crippen molar-refractivity contribution in [3.8, 4) is 12.1 Å². The van der Waals surface area contributed by atoms with Gasteiger partial charge in [0.1, 0.15) is 11.9 Å². The van der Waals surface area contributed by atoms with Crippen LogP contribution in [-0.4, -0.2) is 48.5 Å². The Morgan fingerprint density at radius 1 is 1.11 bits per heavy atom. The standard InChI is InChI=1S/C20H20N6O/c21-14-16-3-1-5-18(13-16)24-19(27)6-8-25-9-11-26(12-10-25)20-17(15-22)4-2-7-23-20/h1-5,7,13H,6,8-12H2,(H,24,27). The first-order chi connectivity index (χ1) is 13.2. The number of pyridine rings is 1. The van der Waals surface area contributed by atoms with E-state index in [0.29, 0.717) is 29.8 Å². The Labute approximate surface area is 158 Å². The first kappa shape index (κ1) is 18.4. The SMILES string of the molecule is N#Cc1cccc(NC(=O)CCN2CCN(c3ncccc3C#N)CC2)c1. The Morgan fingerprint density at radius 3 is 2.67 bits per heavy atom. The number of hydrogen-bond donors (Lipinski definition) is 1. The molecule has 0 radical (unpaired) electrons. The topological polar surface area (TPSA) is 96.1 Å². The second-order valence-corrected chi connectivity index (χ2v) is 6.31. The third-order valence-electron chi connectivity index (χ3n) is 4.51. The van der Waals surface area contributed by atoms with Gasteiger partial charge in [0.15, 0.2) is 0 Å². The molecule has 3 rings (SSSR count). The lowest BCUT2D eigenvalue weighted by Crippen LogP contribution is -2.47. The van der Waals surface area contributed by atoms with Gasteiger partial charge in [0.05, 0.1) is 17.2 Å². The van der Waals surface area contributed by atoms with E-state index in [4.69, 9.17) is 5.26 Å². The van der Waals surface area contributed by atoms with Crippen molar-refractivity contribution in [2.75, 3.05) is 42.9 Å². The van der Waals surface area contributed by atoms with Gasteiger partial charge in [-0.1, -0.05) is 6.07 Å². The van der Waals surface area contributed by atoms with Gasteiger partial charge >= 0.3 is 0 Å². The van der Waals surface area contributed by atoms with Gasteiger partial charge in [0.2, 0.25) is 5.91 Å². The van der Waals surface area contributed by atoms with Crippen molar-refractivity contribution in [3.63, 3.8) is 0 Å². The van der Waals surface area contributed by atoms with Crippen molar-refractivity contribution in [2.45, 2.75) is 6.42 Å². The highest BCUT2D eigenvalue weighted by atomic mass is 16.1. The molecule has 0 aliphatic carbocycles. The van der Waals surface area contributed by atoms with E-state index in [0.717, 1.165) is 32.0 Å². The monoisotopic (exact) mass is 360 g/mol. The molecule has 0 bridgehead atoms. The maximum atomic E-state index is 12.1. The number of anilines is 2. The van der Waals surface area contributed by atoms with Crippen molar-refractivity contribution in [1.29, 1.82) is 10.5 Å². The number of nitriles is 2. The van der Waals surface area contributed by atoms with Crippen LogP contribution < -0.4 is 10.2 Å². The van der Waals surface area contributed by atoms with E-state index >= 15 is 0 Å². The van der Waals surface area contributed by atoms with Crippen molar-refractivity contribution >= 4 is 17.4 Å². The highest BCUT2D eigenvalue weighted by Crippen LogP contribution is 2.18. The molecule has 1 aliphatic heterocycles. The Kier molecular flexibility index (Phi) is 5.98. The van der Waals surface area contributed by atoms with E-state index in [-0.39, 0.29) is 5.91 Å². The molecule has 1 amide bonds. The predicted molar refractivity (Wildman–Crippen MR) is 102 cm³/mol. The minimum Gasteiger partial charge on any atom is -0.353 e. The Morgan fingerprint density at radius 2 is 1.93 bits per heavy atom. The van der Waals surface area contributed by atoms with Crippen molar-refractivity contribution in [2.24, 2.45) is 0 Å². The minimum absolute atomic E-state index is 0.0657. The fourth-order valence-corrected chi connectivity index (χ4v) is 3.07. The Balaban J connectivity index is 1.46. The zero-order valence-electron chi connectivity index (χ0n) is 14.9. The zero-order chi connectivity index (χ0) is 19.1. The van der Waals surface area contributed by atoms with Crippen LogP contribution in [0.3, 0.4) is 0 Å². The van der Waals surface area contributed by atoms with Crippen LogP contribution in [0.25, 0.3) is 0 Å². The predicted octanol–water partition coefficient (Wildman–Crippen LogP) is 1.98. The van der Waals surface area contributed by atoms with Crippen molar-refractivity contribution in [3.05, 3.63) is 53.7 Å². The van der Waals surface area contributed by atoms with E-state index in [9.17, 15) is 10.1 Å². The van der Waals surface area contributed by atoms with E-state index in [1.807, 2.05) is 0 Å². The lowest BCUT2D eigenvalue weighted by molar-refractivity contribution is -0.116. The summed E-state index contributed by atoms with van der Waals surface area (Å²) in [6.07, 6.45) is 2.10. The van der Waals surface area contributed by atoms with E-state index < -0.39 is 0 Å². The fraction of sp³-hybridized carbons (Fsp3) is 0.300. The average Bonchev–Trinajstić information content (AvgIpc) is 2.72. The normalized spacial score (nSPS) is 14.2. The smallest absolute Gasteiger partial charge is 0.225 e. The van der Waals surface area contributed by atoms with Crippen LogP contribution in [0.2, 0.25) is 0 Å². The molecule has 7 nitrogen and oxygen atoms in total. The molecule has 0 unspecified atom stereocenters. The first-order valence-electron chi connectivity index (χ1n) is 8.82. The van der Waals surface area contributed by atoms with Crippen LogP contribution in [0, 0.1) is 22.7 Å². The summed E-state index contributed by atoms with van der Waals surface area (Å²) in [5, 5.41) is 21.0. The molecule has 1 aromatic heterocycles. The number of benzene rings is 1. The fourth-order valence-electron chi connectivity index (χ4n) is 3.07. The molecule has 0 atom stereocenters. The van der Waals surface area contributed by atoms with Gasteiger partial charge in [0.25, 0.3) is 0 Å². The summed E-state index contributed by atoms with van der Waals surface area (Å²) in [4.78, 5) is 20.8. The van der Waals surface area contributed by atoms with Crippen molar-refractivity contribution < 1.29 is 4.79 Å². The highest BCUT2D eigenvalue weighted by molar-refractivity contribution is 5.90. The quantitative estimate of drug-likeness (QED) is 0.876. The van der Waals surface area contributed by atoms with Gasteiger partial charge in [-0.05, 0) is 30.3 Å². The highest BCUT2D eigenvalue weighted by Gasteiger charge is 2.20. The van der Waals surface area contributed by atoms with E-state index in [1.165, 1.54) is 0 Å². The molecule has 0 spiro atoms. The second-order valence-electron chi connectivity index (χ2n) is 6.31. The lowest BCUT2D eigenvalue weighted by Gasteiger charge is -2.35. The lowest BCUT2D eigenvalue weighted by atomic mass is 10.2. The zero-order valence-corrected chi connectivity index (χ0v) is 14.9. The van der Waals surface area contributed by atoms with Crippen LogP contribution in [0.5, 0.6) is 0 Å². The van der Waals surface area contributed by atoms with Crippen LogP contribution in [0.4, 0.5) is 11.5 Å². The van der Waals surface area contributed by atoms with Gasteiger partial charge in [-0.15, -0.1) is 0 Å². The molecule has 1 aromatic carbocycles. The van der Waals surface area contributed by atoms with Gasteiger partial charge < -0.3 is 10.2 Å². The molecule has 1 aliphatic rings. The summed E-state index contributed by atoms with van der Waals surface area (Å²) in [6.45, 7) is 3.86. The van der Waals surface area contributed by atoms with Crippen LogP contribution in [0.1, 0.15) is 17.5 Å². The average molecular weight is 360 g/mol. The number of aromatic nitrogens is 1. The molecule has 1 fully saturated rings. The number of carbonyl (C=O) groups is 1. The molecule has 136 valence electrons. The number of nitrogens with one attached hydrogen (secondary N) is 1. The number of hydrogen-bond acceptors (Lipinski definition) is 6. The summed E-state index contributed by atoms with van der Waals surface area (Å²) in [5.41, 5.74) is 1.75. The van der Waals surface area contributed by atoms with Gasteiger partial charge in [0, 0.05) is 51.0 Å². The second kappa shape index (κ2) is 8.79. The summed E-state index contributed by atoms with van der Waals surface area (Å²) >= 11 is 0. The van der Waals surface area contributed by atoms with Gasteiger partial charge in [-0.3, -0.25) is 9.69 Å². The summed E-state index contributed by atoms with van der Waals surface area (Å²) in [5.74, 6) is 0.666. The third kappa shape index (κ3) is 4.81. The number of rotatable bonds is 5. The molecule has 7 heteroatoms. The molecular weight excluding hydrogens is 340 g/mol.